The van der Waals surface area contributed by atoms with E-state index in [1.54, 1.807) is 0 Å². The molecule has 3 aliphatic rings. The van der Waals surface area contributed by atoms with Gasteiger partial charge in [-0.1, -0.05) is 6.92 Å². The number of nitrogens with zero attached hydrogens (tertiary/aromatic N) is 2. The van der Waals surface area contributed by atoms with E-state index in [1.807, 2.05) is 11.9 Å². The maximum absolute atomic E-state index is 13.8. The normalized spacial score (nSPS) is 28.8. The Morgan fingerprint density at radius 3 is 2.52 bits per heavy atom. The van der Waals surface area contributed by atoms with Crippen LogP contribution in [0.25, 0.3) is 0 Å². The van der Waals surface area contributed by atoms with Gasteiger partial charge in [0.2, 0.25) is 0 Å². The Labute approximate surface area is 169 Å². The Hall–Kier alpha value is -2.22. The Kier molecular flexibility index (Phi) is 5.46. The van der Waals surface area contributed by atoms with E-state index < -0.39 is 11.6 Å². The molecule has 2 amide bonds. The van der Waals surface area contributed by atoms with Crippen molar-refractivity contribution in [2.45, 2.75) is 44.3 Å². The Morgan fingerprint density at radius 1 is 1.31 bits per heavy atom. The summed E-state index contributed by atoms with van der Waals surface area (Å²) in [6.45, 7) is 6.74. The van der Waals surface area contributed by atoms with Crippen molar-refractivity contribution < 1.29 is 18.3 Å². The fraction of sp³-hybridized carbons (Fsp3) is 0.619. The van der Waals surface area contributed by atoms with Crippen molar-refractivity contribution in [3.8, 4) is 0 Å². The number of nitrogens with one attached hydrogen (secondary N) is 2. The summed E-state index contributed by atoms with van der Waals surface area (Å²) in [5, 5.41) is 6.07. The molecular formula is C21H28F2N4O2. The average molecular weight is 406 g/mol. The molecule has 1 aromatic rings. The molecular weight excluding hydrogens is 378 g/mol. The molecule has 1 aromatic carbocycles. The van der Waals surface area contributed by atoms with Crippen LogP contribution in [0, 0.1) is 29.4 Å². The third kappa shape index (κ3) is 3.82. The molecule has 6 nitrogen and oxygen atoms in total. The van der Waals surface area contributed by atoms with E-state index in [0.29, 0.717) is 42.3 Å². The highest BCUT2D eigenvalue weighted by Crippen LogP contribution is 2.60. The minimum absolute atomic E-state index is 0.118. The van der Waals surface area contributed by atoms with Gasteiger partial charge in [0.1, 0.15) is 0 Å². The van der Waals surface area contributed by atoms with Crippen LogP contribution in [0.4, 0.5) is 25.0 Å². The number of anilines is 1. The number of hydrogen-bond acceptors (Lipinski definition) is 4. The van der Waals surface area contributed by atoms with Crippen molar-refractivity contribution >= 4 is 24.1 Å². The number of rotatable bonds is 7. The van der Waals surface area contributed by atoms with Gasteiger partial charge in [-0.15, -0.1) is 0 Å². The molecule has 0 radical (unpaired) electrons. The van der Waals surface area contributed by atoms with Crippen molar-refractivity contribution in [2.24, 2.45) is 22.7 Å². The van der Waals surface area contributed by atoms with Crippen LogP contribution in [-0.2, 0) is 4.74 Å². The van der Waals surface area contributed by atoms with Crippen LogP contribution in [0.15, 0.2) is 17.1 Å². The van der Waals surface area contributed by atoms with Crippen molar-refractivity contribution in [3.05, 3.63) is 23.8 Å². The summed E-state index contributed by atoms with van der Waals surface area (Å²) in [6.07, 6.45) is 2.83. The average Bonchev–Trinajstić information content (AvgIpc) is 3.15. The second kappa shape index (κ2) is 7.89. The number of benzene rings is 1. The molecule has 1 unspecified atom stereocenters. The first-order valence-corrected chi connectivity index (χ1v) is 10.3. The first-order valence-electron chi connectivity index (χ1n) is 10.3. The van der Waals surface area contributed by atoms with Gasteiger partial charge in [-0.05, 0) is 43.7 Å². The number of aliphatic imine (C=N–C) groups is 1. The second-order valence-electron chi connectivity index (χ2n) is 8.42. The molecule has 1 aliphatic heterocycles. The summed E-state index contributed by atoms with van der Waals surface area (Å²) in [4.78, 5) is 18.0. The van der Waals surface area contributed by atoms with Crippen LogP contribution >= 0.6 is 0 Å². The first-order chi connectivity index (χ1) is 13.9. The zero-order valence-electron chi connectivity index (χ0n) is 16.8. The van der Waals surface area contributed by atoms with E-state index in [2.05, 4.69) is 29.3 Å². The zero-order valence-corrected chi connectivity index (χ0v) is 16.8. The third-order valence-electron chi connectivity index (χ3n) is 6.80. The monoisotopic (exact) mass is 406 g/mol. The zero-order chi connectivity index (χ0) is 20.7. The number of ether oxygens (including phenoxy) is 1. The van der Waals surface area contributed by atoms with Gasteiger partial charge in [0.15, 0.2) is 11.6 Å². The fourth-order valence-electron chi connectivity index (χ4n) is 5.09. The molecule has 4 rings (SSSR count). The highest BCUT2D eigenvalue weighted by molar-refractivity contribution is 5.75. The summed E-state index contributed by atoms with van der Waals surface area (Å²) < 4.78 is 32.4. The molecule has 29 heavy (non-hydrogen) atoms. The van der Waals surface area contributed by atoms with Gasteiger partial charge in [-0.2, -0.15) is 0 Å². The minimum atomic E-state index is -0.914. The van der Waals surface area contributed by atoms with Crippen LogP contribution in [-0.4, -0.2) is 51.1 Å². The molecule has 158 valence electrons. The maximum Gasteiger partial charge on any atom is 0.315 e. The highest BCUT2D eigenvalue weighted by atomic mass is 19.2. The highest BCUT2D eigenvalue weighted by Gasteiger charge is 2.59. The van der Waals surface area contributed by atoms with Crippen molar-refractivity contribution in [3.63, 3.8) is 0 Å². The third-order valence-corrected chi connectivity index (χ3v) is 6.80. The lowest BCUT2D eigenvalue weighted by Crippen LogP contribution is -2.54. The van der Waals surface area contributed by atoms with E-state index in [1.165, 1.54) is 6.07 Å². The van der Waals surface area contributed by atoms with E-state index in [9.17, 15) is 13.6 Å². The predicted molar refractivity (Wildman–Crippen MR) is 108 cm³/mol. The van der Waals surface area contributed by atoms with Crippen LogP contribution < -0.4 is 15.5 Å². The van der Waals surface area contributed by atoms with Crippen LogP contribution in [0.2, 0.25) is 0 Å². The largest absolute Gasteiger partial charge is 0.377 e. The molecule has 5 atom stereocenters. The van der Waals surface area contributed by atoms with Gasteiger partial charge in [0.05, 0.1) is 30.6 Å². The second-order valence-corrected chi connectivity index (χ2v) is 8.42. The Bertz CT molecular complexity index is 789. The minimum Gasteiger partial charge on any atom is -0.377 e. The number of hydrogen-bond donors (Lipinski definition) is 2. The quantitative estimate of drug-likeness (QED) is 0.684. The van der Waals surface area contributed by atoms with Crippen molar-refractivity contribution in [1.82, 2.24) is 10.6 Å². The van der Waals surface area contributed by atoms with E-state index in [4.69, 9.17) is 4.74 Å². The smallest absolute Gasteiger partial charge is 0.315 e. The topological polar surface area (TPSA) is 66.0 Å². The van der Waals surface area contributed by atoms with Gasteiger partial charge in [0.25, 0.3) is 0 Å². The number of fused-ring (bicyclic) bond motifs is 1. The molecule has 2 saturated carbocycles. The summed E-state index contributed by atoms with van der Waals surface area (Å²) in [5.74, 6) is -0.216. The summed E-state index contributed by atoms with van der Waals surface area (Å²) in [6, 6.07) is 2.69. The predicted octanol–water partition coefficient (Wildman–Crippen LogP) is 3.23. The van der Waals surface area contributed by atoms with Gasteiger partial charge in [0, 0.05) is 31.3 Å². The number of carbonyl (C=O) groups is 1. The van der Waals surface area contributed by atoms with Crippen LogP contribution in [0.3, 0.4) is 0 Å². The molecule has 0 bridgehead atoms. The fourth-order valence-corrected chi connectivity index (χ4v) is 5.09. The van der Waals surface area contributed by atoms with Crippen LogP contribution in [0.1, 0.15) is 26.2 Å². The summed E-state index contributed by atoms with van der Waals surface area (Å²) in [5.41, 5.74) is 0.919. The Balaban J connectivity index is 1.35. The lowest BCUT2D eigenvalue weighted by Gasteiger charge is -2.31. The van der Waals surface area contributed by atoms with E-state index in [-0.39, 0.29) is 24.2 Å². The van der Waals surface area contributed by atoms with Gasteiger partial charge >= 0.3 is 6.03 Å². The molecule has 1 saturated heterocycles. The molecule has 8 heteroatoms. The van der Waals surface area contributed by atoms with E-state index in [0.717, 1.165) is 25.3 Å². The number of amides is 2. The van der Waals surface area contributed by atoms with Gasteiger partial charge in [-0.25, -0.2) is 13.6 Å². The molecule has 2 N–H and O–H groups in total. The Morgan fingerprint density at radius 2 is 1.97 bits per heavy atom. The van der Waals surface area contributed by atoms with Gasteiger partial charge in [-0.3, -0.25) is 4.99 Å². The lowest BCUT2D eigenvalue weighted by atomic mass is 9.98. The van der Waals surface area contributed by atoms with Crippen LogP contribution in [0.5, 0.6) is 0 Å². The molecule has 3 fully saturated rings. The molecule has 2 aliphatic carbocycles. The lowest BCUT2D eigenvalue weighted by molar-refractivity contribution is -0.000202. The van der Waals surface area contributed by atoms with E-state index >= 15 is 0 Å². The maximum atomic E-state index is 13.8. The number of urea groups is 1. The number of halogens is 2. The molecule has 1 heterocycles. The standard InChI is InChI=1S/C21H28F2N4O2/c1-4-17(26-21(28)25-11-9-29-10-11)20-13-5-12(6-14(13)20)27(3)19-8-16(23)15(22)7-18(19)24-2/h7-8,11-14,17,20H,2,4-6,9-10H2,1,3H3,(H2,25,26,28)/t12?,13-,14+,17-,20+/m1/s1. The summed E-state index contributed by atoms with van der Waals surface area (Å²) in [7, 11) is 1.90. The molecule has 0 aromatic heterocycles. The van der Waals surface area contributed by atoms with Crippen molar-refractivity contribution in [2.75, 3.05) is 25.2 Å². The summed E-state index contributed by atoms with van der Waals surface area (Å²) >= 11 is 0. The first kappa shape index (κ1) is 20.1. The SMILES string of the molecule is C=Nc1cc(F)c(F)cc1N(C)C1C[C@@H]2[C@H](C1)[C@H]2[C@@H](CC)NC(=O)NC1COC1. The number of carbonyl (C=O) groups excluding carboxylic acids is 1. The van der Waals surface area contributed by atoms with Gasteiger partial charge < -0.3 is 20.3 Å². The molecule has 0 spiro atoms. The van der Waals surface area contributed by atoms with Crippen molar-refractivity contribution in [1.29, 1.82) is 0 Å².